The second-order valence-electron chi connectivity index (χ2n) is 4.18. The monoisotopic (exact) mass is 243 g/mol. The Morgan fingerprint density at radius 3 is 2.94 bits per heavy atom. The molecular formula is C14H13NO3. The van der Waals surface area contributed by atoms with Gasteiger partial charge in [0.25, 0.3) is 5.91 Å². The molecule has 2 aromatic rings. The summed E-state index contributed by atoms with van der Waals surface area (Å²) in [5.74, 6) is 0.981. The van der Waals surface area contributed by atoms with Gasteiger partial charge in [0.1, 0.15) is 5.75 Å². The third kappa shape index (κ3) is 1.97. The first-order valence-electron chi connectivity index (χ1n) is 5.91. The van der Waals surface area contributed by atoms with Gasteiger partial charge in [0.2, 0.25) is 0 Å². The number of carbonyl (C=O) groups excluding carboxylic acids is 1. The van der Waals surface area contributed by atoms with Crippen molar-refractivity contribution >= 4 is 5.91 Å². The number of hydrogen-bond donors (Lipinski definition) is 1. The minimum atomic E-state index is -0.193. The van der Waals surface area contributed by atoms with Crippen LogP contribution in [0.25, 0.3) is 0 Å². The molecule has 0 radical (unpaired) electrons. The lowest BCUT2D eigenvalue weighted by molar-refractivity contribution is 0.0896. The van der Waals surface area contributed by atoms with E-state index >= 15 is 0 Å². The van der Waals surface area contributed by atoms with Gasteiger partial charge in [-0.15, -0.1) is 0 Å². The first-order chi connectivity index (χ1) is 8.84. The van der Waals surface area contributed by atoms with Crippen LogP contribution in [0.3, 0.4) is 0 Å². The van der Waals surface area contributed by atoms with Crippen LogP contribution in [0.15, 0.2) is 47.1 Å². The second kappa shape index (κ2) is 4.56. The van der Waals surface area contributed by atoms with Crippen LogP contribution in [0.4, 0.5) is 0 Å². The molecule has 18 heavy (non-hydrogen) atoms. The Balaban J connectivity index is 1.80. The molecule has 0 fully saturated rings. The fraction of sp³-hybridized carbons (Fsp3) is 0.214. The molecule has 92 valence electrons. The van der Waals surface area contributed by atoms with E-state index in [0.717, 1.165) is 17.7 Å². The molecule has 3 rings (SSSR count). The van der Waals surface area contributed by atoms with E-state index in [9.17, 15) is 4.79 Å². The van der Waals surface area contributed by atoms with Gasteiger partial charge in [-0.1, -0.05) is 18.2 Å². The molecule has 1 aliphatic heterocycles. The summed E-state index contributed by atoms with van der Waals surface area (Å²) >= 11 is 0. The fourth-order valence-electron chi connectivity index (χ4n) is 2.13. The number of carbonyl (C=O) groups is 1. The molecule has 0 saturated carbocycles. The van der Waals surface area contributed by atoms with Crippen LogP contribution in [-0.2, 0) is 0 Å². The van der Waals surface area contributed by atoms with Gasteiger partial charge < -0.3 is 14.5 Å². The average Bonchev–Trinajstić information content (AvgIpc) is 2.93. The van der Waals surface area contributed by atoms with Crippen molar-refractivity contribution in [3.63, 3.8) is 0 Å². The van der Waals surface area contributed by atoms with E-state index in [1.165, 1.54) is 6.26 Å². The van der Waals surface area contributed by atoms with Gasteiger partial charge in [-0.25, -0.2) is 0 Å². The molecule has 0 unspecified atom stereocenters. The van der Waals surface area contributed by atoms with Gasteiger partial charge in [-0.3, -0.25) is 4.79 Å². The van der Waals surface area contributed by atoms with Gasteiger partial charge in [0.05, 0.1) is 18.9 Å². The number of rotatable bonds is 2. The van der Waals surface area contributed by atoms with E-state index in [2.05, 4.69) is 5.32 Å². The zero-order valence-electron chi connectivity index (χ0n) is 9.76. The van der Waals surface area contributed by atoms with Crippen LogP contribution >= 0.6 is 0 Å². The molecule has 0 spiro atoms. The number of para-hydroxylation sites is 1. The summed E-state index contributed by atoms with van der Waals surface area (Å²) in [6.07, 6.45) is 2.26. The van der Waals surface area contributed by atoms with Crippen LogP contribution in [0.5, 0.6) is 5.75 Å². The summed E-state index contributed by atoms with van der Waals surface area (Å²) in [7, 11) is 0. The molecule has 1 atom stereocenters. The highest BCUT2D eigenvalue weighted by molar-refractivity contribution is 5.91. The number of furan rings is 1. The number of fused-ring (bicyclic) bond motifs is 1. The van der Waals surface area contributed by atoms with Gasteiger partial charge in [-0.05, 0) is 18.2 Å². The van der Waals surface area contributed by atoms with Crippen LogP contribution in [0, 0.1) is 0 Å². The molecule has 4 heteroatoms. The van der Waals surface area contributed by atoms with Crippen molar-refractivity contribution in [2.24, 2.45) is 0 Å². The standard InChI is InChI=1S/C14H13NO3/c16-14(13-6-3-8-17-13)15-11-7-9-18-12-5-2-1-4-10(11)12/h1-6,8,11H,7,9H2,(H,15,16)/t11-/m1/s1. The van der Waals surface area contributed by atoms with E-state index in [-0.39, 0.29) is 11.9 Å². The maximum absolute atomic E-state index is 11.9. The van der Waals surface area contributed by atoms with Crippen molar-refractivity contribution in [3.8, 4) is 5.75 Å². The highest BCUT2D eigenvalue weighted by atomic mass is 16.5. The molecule has 1 amide bonds. The van der Waals surface area contributed by atoms with Gasteiger partial charge in [-0.2, -0.15) is 0 Å². The Morgan fingerprint density at radius 2 is 2.11 bits per heavy atom. The van der Waals surface area contributed by atoms with E-state index in [0.29, 0.717) is 12.4 Å². The van der Waals surface area contributed by atoms with E-state index in [1.807, 2.05) is 24.3 Å². The van der Waals surface area contributed by atoms with Crippen molar-refractivity contribution in [2.75, 3.05) is 6.61 Å². The molecule has 0 saturated heterocycles. The van der Waals surface area contributed by atoms with Gasteiger partial charge in [0, 0.05) is 12.0 Å². The maximum atomic E-state index is 11.9. The average molecular weight is 243 g/mol. The van der Waals surface area contributed by atoms with Crippen molar-refractivity contribution in [1.82, 2.24) is 5.32 Å². The summed E-state index contributed by atoms with van der Waals surface area (Å²) in [6.45, 7) is 0.611. The third-order valence-corrected chi connectivity index (χ3v) is 3.01. The Hall–Kier alpha value is -2.23. The van der Waals surface area contributed by atoms with E-state index in [4.69, 9.17) is 9.15 Å². The fourth-order valence-corrected chi connectivity index (χ4v) is 2.13. The van der Waals surface area contributed by atoms with Crippen molar-refractivity contribution in [1.29, 1.82) is 0 Å². The zero-order chi connectivity index (χ0) is 12.4. The minimum absolute atomic E-state index is 0.0208. The topological polar surface area (TPSA) is 51.5 Å². The SMILES string of the molecule is O=C(N[C@@H]1CCOc2ccccc21)c1ccco1. The van der Waals surface area contributed by atoms with Crippen molar-refractivity contribution in [3.05, 3.63) is 54.0 Å². The molecule has 4 nitrogen and oxygen atoms in total. The first kappa shape index (κ1) is 10.9. The summed E-state index contributed by atoms with van der Waals surface area (Å²) in [5.41, 5.74) is 1.02. The largest absolute Gasteiger partial charge is 0.493 e. The van der Waals surface area contributed by atoms with Crippen LogP contribution in [0.1, 0.15) is 28.6 Å². The summed E-state index contributed by atoms with van der Waals surface area (Å²) in [6, 6.07) is 11.1. The lowest BCUT2D eigenvalue weighted by atomic mass is 10.0. The quantitative estimate of drug-likeness (QED) is 0.881. The van der Waals surface area contributed by atoms with Gasteiger partial charge in [0.15, 0.2) is 5.76 Å². The summed E-state index contributed by atoms with van der Waals surface area (Å²) < 4.78 is 10.6. The highest BCUT2D eigenvalue weighted by Gasteiger charge is 2.23. The maximum Gasteiger partial charge on any atom is 0.287 e. The number of amides is 1. The number of ether oxygens (including phenoxy) is 1. The van der Waals surface area contributed by atoms with Crippen LogP contribution < -0.4 is 10.1 Å². The third-order valence-electron chi connectivity index (χ3n) is 3.01. The van der Waals surface area contributed by atoms with Crippen molar-refractivity contribution in [2.45, 2.75) is 12.5 Å². The van der Waals surface area contributed by atoms with E-state index in [1.54, 1.807) is 12.1 Å². The Kier molecular flexibility index (Phi) is 2.76. The smallest absolute Gasteiger partial charge is 0.287 e. The highest BCUT2D eigenvalue weighted by Crippen LogP contribution is 2.31. The van der Waals surface area contributed by atoms with Crippen LogP contribution in [0.2, 0.25) is 0 Å². The Morgan fingerprint density at radius 1 is 1.22 bits per heavy atom. The molecule has 1 aliphatic rings. The molecule has 1 aromatic carbocycles. The lowest BCUT2D eigenvalue weighted by Gasteiger charge is -2.26. The predicted octanol–water partition coefficient (Wildman–Crippen LogP) is 2.53. The molecular weight excluding hydrogens is 230 g/mol. The van der Waals surface area contributed by atoms with Gasteiger partial charge >= 0.3 is 0 Å². The first-order valence-corrected chi connectivity index (χ1v) is 5.91. The molecule has 0 aliphatic carbocycles. The number of hydrogen-bond acceptors (Lipinski definition) is 3. The summed E-state index contributed by atoms with van der Waals surface area (Å²) in [5, 5.41) is 2.96. The zero-order valence-corrected chi connectivity index (χ0v) is 9.76. The second-order valence-corrected chi connectivity index (χ2v) is 4.18. The minimum Gasteiger partial charge on any atom is -0.493 e. The summed E-state index contributed by atoms with van der Waals surface area (Å²) in [4.78, 5) is 11.9. The Labute approximate surface area is 105 Å². The number of nitrogens with one attached hydrogen (secondary N) is 1. The van der Waals surface area contributed by atoms with Crippen molar-refractivity contribution < 1.29 is 13.9 Å². The molecule has 1 N–H and O–H groups in total. The number of benzene rings is 1. The predicted molar refractivity (Wildman–Crippen MR) is 65.5 cm³/mol. The van der Waals surface area contributed by atoms with Crippen LogP contribution in [-0.4, -0.2) is 12.5 Å². The molecule has 2 heterocycles. The Bertz CT molecular complexity index is 548. The lowest BCUT2D eigenvalue weighted by Crippen LogP contribution is -2.31. The molecule has 0 bridgehead atoms. The normalized spacial score (nSPS) is 17.7. The molecule has 1 aromatic heterocycles. The van der Waals surface area contributed by atoms with E-state index < -0.39 is 0 Å².